The van der Waals surface area contributed by atoms with Crippen LogP contribution in [0, 0.1) is 0 Å². The number of para-hydroxylation sites is 2. The van der Waals surface area contributed by atoms with Gasteiger partial charge in [0.15, 0.2) is 0 Å². The van der Waals surface area contributed by atoms with Crippen molar-refractivity contribution in [3.63, 3.8) is 0 Å². The second kappa shape index (κ2) is 12.9. The third-order valence-corrected chi connectivity index (χ3v) is 12.0. The third kappa shape index (κ3) is 5.32. The Kier molecular flexibility index (Phi) is 7.39. The Labute approximate surface area is 322 Å². The first kappa shape index (κ1) is 31.6. The van der Waals surface area contributed by atoms with Crippen LogP contribution in [-0.4, -0.2) is 0 Å². The molecular formula is C52H33NOS. The first-order valence-electron chi connectivity index (χ1n) is 18.7. The highest BCUT2D eigenvalue weighted by Gasteiger charge is 2.20. The molecule has 0 unspecified atom stereocenters. The lowest BCUT2D eigenvalue weighted by Crippen LogP contribution is -2.11. The monoisotopic (exact) mass is 719 g/mol. The molecule has 0 atom stereocenters. The number of thiophene rings is 1. The zero-order valence-electron chi connectivity index (χ0n) is 29.8. The summed E-state index contributed by atoms with van der Waals surface area (Å²) >= 11 is 1.85. The molecule has 0 aliphatic heterocycles. The van der Waals surface area contributed by atoms with Crippen molar-refractivity contribution in [2.24, 2.45) is 0 Å². The molecular weight excluding hydrogens is 687 g/mol. The van der Waals surface area contributed by atoms with E-state index in [4.69, 9.17) is 4.42 Å². The topological polar surface area (TPSA) is 16.4 Å². The van der Waals surface area contributed by atoms with Crippen LogP contribution in [0.1, 0.15) is 0 Å². The van der Waals surface area contributed by atoms with Crippen molar-refractivity contribution in [3.8, 4) is 33.4 Å². The van der Waals surface area contributed by atoms with Crippen LogP contribution < -0.4 is 4.90 Å². The number of hydrogen-bond acceptors (Lipinski definition) is 3. The summed E-state index contributed by atoms with van der Waals surface area (Å²) in [7, 11) is 0. The first-order chi connectivity index (χ1) is 27.3. The molecule has 0 spiro atoms. The van der Waals surface area contributed by atoms with Crippen molar-refractivity contribution in [1.82, 2.24) is 0 Å². The smallest absolute Gasteiger partial charge is 0.136 e. The molecule has 0 amide bonds. The molecule has 0 bridgehead atoms. The standard InChI is InChI=1S/C52H33NOS/c1-2-16-40-34(12-1)13-10-20-41(40)36-14-9-15-37(32-36)42-17-3-6-22-47(42)53(39-30-31-51-46(33-39)44-18-5-8-25-50(44)55-51)38-28-26-35(27-29-38)43-21-11-24-49-52(43)45-19-4-7-23-48(45)54-49/h1-33H. The van der Waals surface area contributed by atoms with Crippen molar-refractivity contribution >= 4 is 81.3 Å². The fourth-order valence-corrected chi connectivity index (χ4v) is 9.42. The molecule has 258 valence electrons. The Morgan fingerprint density at radius 3 is 1.89 bits per heavy atom. The van der Waals surface area contributed by atoms with Gasteiger partial charge >= 0.3 is 0 Å². The summed E-state index contributed by atoms with van der Waals surface area (Å²) in [6.07, 6.45) is 0. The molecule has 11 rings (SSSR count). The fraction of sp³-hybridized carbons (Fsp3) is 0. The molecule has 0 saturated carbocycles. The van der Waals surface area contributed by atoms with Crippen LogP contribution in [0.15, 0.2) is 205 Å². The highest BCUT2D eigenvalue weighted by Crippen LogP contribution is 2.45. The van der Waals surface area contributed by atoms with Gasteiger partial charge < -0.3 is 9.32 Å². The van der Waals surface area contributed by atoms with Crippen molar-refractivity contribution in [1.29, 1.82) is 0 Å². The Hall–Kier alpha value is -6.94. The average Bonchev–Trinajstić information content (AvgIpc) is 3.82. The molecule has 55 heavy (non-hydrogen) atoms. The van der Waals surface area contributed by atoms with Gasteiger partial charge in [0.1, 0.15) is 11.2 Å². The maximum atomic E-state index is 6.26. The predicted octanol–water partition coefficient (Wildman–Crippen LogP) is 15.6. The molecule has 0 fully saturated rings. The minimum atomic E-state index is 0.903. The van der Waals surface area contributed by atoms with Gasteiger partial charge in [0, 0.05) is 47.9 Å². The van der Waals surface area contributed by atoms with Crippen molar-refractivity contribution < 1.29 is 4.42 Å². The van der Waals surface area contributed by atoms with Gasteiger partial charge in [-0.2, -0.15) is 0 Å². The molecule has 0 radical (unpaired) electrons. The number of anilines is 3. The number of benzene rings is 9. The van der Waals surface area contributed by atoms with E-state index in [9.17, 15) is 0 Å². The minimum Gasteiger partial charge on any atom is -0.456 e. The molecule has 0 aliphatic rings. The lowest BCUT2D eigenvalue weighted by molar-refractivity contribution is 0.669. The Bertz CT molecular complexity index is 3220. The molecule has 0 N–H and O–H groups in total. The van der Waals surface area contributed by atoms with E-state index in [1.807, 2.05) is 23.5 Å². The predicted molar refractivity (Wildman–Crippen MR) is 235 cm³/mol. The van der Waals surface area contributed by atoms with Gasteiger partial charge in [-0.1, -0.05) is 140 Å². The van der Waals surface area contributed by atoms with E-state index in [-0.39, 0.29) is 0 Å². The van der Waals surface area contributed by atoms with E-state index >= 15 is 0 Å². The summed E-state index contributed by atoms with van der Waals surface area (Å²) in [5, 5.41) is 7.34. The summed E-state index contributed by atoms with van der Waals surface area (Å²) in [6, 6.07) is 72.3. The van der Waals surface area contributed by atoms with Crippen LogP contribution in [0.3, 0.4) is 0 Å². The van der Waals surface area contributed by atoms with Gasteiger partial charge in [-0.3, -0.25) is 0 Å². The van der Waals surface area contributed by atoms with E-state index in [1.54, 1.807) is 0 Å². The zero-order chi connectivity index (χ0) is 36.3. The molecule has 2 nitrogen and oxygen atoms in total. The van der Waals surface area contributed by atoms with E-state index in [0.717, 1.165) is 50.1 Å². The zero-order valence-corrected chi connectivity index (χ0v) is 30.6. The number of rotatable bonds is 6. The second-order valence-electron chi connectivity index (χ2n) is 14.1. The maximum Gasteiger partial charge on any atom is 0.136 e. The summed E-state index contributed by atoms with van der Waals surface area (Å²) in [4.78, 5) is 2.42. The van der Waals surface area contributed by atoms with Crippen LogP contribution in [-0.2, 0) is 0 Å². The molecule has 2 heterocycles. The quantitative estimate of drug-likeness (QED) is 0.170. The van der Waals surface area contributed by atoms with Gasteiger partial charge in [0.2, 0.25) is 0 Å². The van der Waals surface area contributed by atoms with E-state index in [1.165, 1.54) is 53.2 Å². The summed E-state index contributed by atoms with van der Waals surface area (Å²) in [6.45, 7) is 0. The number of furan rings is 1. The third-order valence-electron chi connectivity index (χ3n) is 10.9. The lowest BCUT2D eigenvalue weighted by atomic mass is 9.94. The summed E-state index contributed by atoms with van der Waals surface area (Å²) in [5.41, 5.74) is 12.2. The summed E-state index contributed by atoms with van der Waals surface area (Å²) in [5.74, 6) is 0. The van der Waals surface area contributed by atoms with Gasteiger partial charge in [-0.15, -0.1) is 11.3 Å². The molecule has 9 aromatic carbocycles. The van der Waals surface area contributed by atoms with Gasteiger partial charge in [-0.25, -0.2) is 0 Å². The first-order valence-corrected chi connectivity index (χ1v) is 19.5. The SMILES string of the molecule is c1cc(-c2ccccc2N(c2ccc(-c3cccc4oc5ccccc5c34)cc2)c2ccc3sc4ccccc4c3c2)cc(-c2cccc3ccccc23)c1. The maximum absolute atomic E-state index is 6.26. The highest BCUT2D eigenvalue weighted by atomic mass is 32.1. The normalized spacial score (nSPS) is 11.6. The van der Waals surface area contributed by atoms with Crippen molar-refractivity contribution in [2.45, 2.75) is 0 Å². The fourth-order valence-electron chi connectivity index (χ4n) is 8.33. The van der Waals surface area contributed by atoms with Crippen LogP contribution in [0.4, 0.5) is 17.1 Å². The van der Waals surface area contributed by atoms with E-state index in [0.29, 0.717) is 0 Å². The second-order valence-corrected chi connectivity index (χ2v) is 15.1. The number of nitrogens with zero attached hydrogens (tertiary/aromatic N) is 1. The number of hydrogen-bond donors (Lipinski definition) is 0. The largest absolute Gasteiger partial charge is 0.456 e. The van der Waals surface area contributed by atoms with E-state index in [2.05, 4.69) is 193 Å². The molecule has 0 aliphatic carbocycles. The molecule has 3 heteroatoms. The Morgan fingerprint density at radius 2 is 0.982 bits per heavy atom. The van der Waals surface area contributed by atoms with Crippen LogP contribution >= 0.6 is 11.3 Å². The van der Waals surface area contributed by atoms with Crippen LogP contribution in [0.25, 0.3) is 86.3 Å². The van der Waals surface area contributed by atoms with Gasteiger partial charge in [-0.05, 0) is 99.3 Å². The number of fused-ring (bicyclic) bond motifs is 7. The van der Waals surface area contributed by atoms with E-state index < -0.39 is 0 Å². The van der Waals surface area contributed by atoms with Crippen molar-refractivity contribution in [3.05, 3.63) is 200 Å². The lowest BCUT2D eigenvalue weighted by Gasteiger charge is -2.28. The van der Waals surface area contributed by atoms with Crippen molar-refractivity contribution in [2.75, 3.05) is 4.90 Å². The molecule has 11 aromatic rings. The van der Waals surface area contributed by atoms with Gasteiger partial charge in [0.05, 0.1) is 5.69 Å². The molecule has 2 aromatic heterocycles. The highest BCUT2D eigenvalue weighted by molar-refractivity contribution is 7.25. The molecule has 0 saturated heterocycles. The minimum absolute atomic E-state index is 0.903. The average molecular weight is 720 g/mol. The van der Waals surface area contributed by atoms with Gasteiger partial charge in [0.25, 0.3) is 0 Å². The Balaban J connectivity index is 1.09. The van der Waals surface area contributed by atoms with Crippen LogP contribution in [0.5, 0.6) is 0 Å². The summed E-state index contributed by atoms with van der Waals surface area (Å²) < 4.78 is 8.85. The van der Waals surface area contributed by atoms with Crippen LogP contribution in [0.2, 0.25) is 0 Å². The Morgan fingerprint density at radius 1 is 0.364 bits per heavy atom.